The van der Waals surface area contributed by atoms with Crippen molar-refractivity contribution in [2.75, 3.05) is 46.3 Å². The summed E-state index contributed by atoms with van der Waals surface area (Å²) in [6.45, 7) is 10.9. The van der Waals surface area contributed by atoms with Gasteiger partial charge < -0.3 is 9.80 Å². The first-order valence-electron chi connectivity index (χ1n) is 7.30. The third-order valence-corrected chi connectivity index (χ3v) is 4.47. The first-order chi connectivity index (χ1) is 8.60. The van der Waals surface area contributed by atoms with Crippen LogP contribution >= 0.6 is 0 Å². The van der Waals surface area contributed by atoms with Crippen LogP contribution in [0.25, 0.3) is 0 Å². The molecule has 0 radical (unpaired) electrons. The van der Waals surface area contributed by atoms with Crippen LogP contribution in [0.3, 0.4) is 0 Å². The number of hydrogen-bond donors (Lipinski definition) is 0. The van der Waals surface area contributed by atoms with E-state index in [2.05, 4.69) is 30.7 Å². The van der Waals surface area contributed by atoms with Gasteiger partial charge in [-0.1, -0.05) is 0 Å². The Morgan fingerprint density at radius 1 is 1.28 bits per heavy atom. The van der Waals surface area contributed by atoms with Crippen molar-refractivity contribution in [2.24, 2.45) is 5.92 Å². The second-order valence-electron chi connectivity index (χ2n) is 5.94. The first kappa shape index (κ1) is 13.8. The lowest BCUT2D eigenvalue weighted by Gasteiger charge is -2.38. The molecule has 2 rings (SSSR count). The number of nitrogens with zero attached hydrogens (tertiary/aromatic N) is 3. The highest BCUT2D eigenvalue weighted by Crippen LogP contribution is 2.21. The van der Waals surface area contributed by atoms with Crippen molar-refractivity contribution in [2.45, 2.75) is 32.7 Å². The van der Waals surface area contributed by atoms with Crippen molar-refractivity contribution in [1.82, 2.24) is 14.7 Å². The van der Waals surface area contributed by atoms with E-state index in [1.807, 2.05) is 4.90 Å². The summed E-state index contributed by atoms with van der Waals surface area (Å²) in [5, 5.41) is 0. The van der Waals surface area contributed by atoms with Crippen LogP contribution in [0, 0.1) is 5.92 Å². The molecule has 1 amide bonds. The van der Waals surface area contributed by atoms with E-state index in [4.69, 9.17) is 0 Å². The number of amides is 1. The normalized spacial score (nSPS) is 31.3. The maximum absolute atomic E-state index is 11.7. The summed E-state index contributed by atoms with van der Waals surface area (Å²) < 4.78 is 0. The number of piperazine rings is 1. The fourth-order valence-electron chi connectivity index (χ4n) is 3.21. The number of likely N-dealkylation sites (tertiary alicyclic amines) is 1. The third kappa shape index (κ3) is 3.23. The highest BCUT2D eigenvalue weighted by atomic mass is 16.2. The molecular formula is C14H27N3O. The van der Waals surface area contributed by atoms with Crippen molar-refractivity contribution in [3.8, 4) is 0 Å². The van der Waals surface area contributed by atoms with Crippen LogP contribution in [0.5, 0.6) is 0 Å². The van der Waals surface area contributed by atoms with Crippen LogP contribution < -0.4 is 0 Å². The summed E-state index contributed by atoms with van der Waals surface area (Å²) >= 11 is 0. The van der Waals surface area contributed by atoms with E-state index in [9.17, 15) is 4.79 Å². The minimum absolute atomic E-state index is 0.355. The number of carbonyl (C=O) groups excluding carboxylic acids is 1. The van der Waals surface area contributed by atoms with Gasteiger partial charge in [-0.05, 0) is 39.8 Å². The van der Waals surface area contributed by atoms with Crippen molar-refractivity contribution in [3.63, 3.8) is 0 Å². The fourth-order valence-corrected chi connectivity index (χ4v) is 3.21. The Balaban J connectivity index is 1.74. The van der Waals surface area contributed by atoms with Gasteiger partial charge in [0.1, 0.15) is 0 Å². The van der Waals surface area contributed by atoms with Gasteiger partial charge in [0.25, 0.3) is 0 Å². The molecule has 2 saturated heterocycles. The average Bonchev–Trinajstić information content (AvgIpc) is 2.69. The van der Waals surface area contributed by atoms with Gasteiger partial charge in [0.2, 0.25) is 5.91 Å². The highest BCUT2D eigenvalue weighted by Gasteiger charge is 2.29. The molecule has 2 heterocycles. The molecule has 0 aliphatic carbocycles. The second kappa shape index (κ2) is 6.02. The molecule has 0 spiro atoms. The van der Waals surface area contributed by atoms with E-state index in [0.717, 1.165) is 26.1 Å². The molecule has 0 aromatic carbocycles. The summed E-state index contributed by atoms with van der Waals surface area (Å²) in [7, 11) is 2.20. The molecule has 104 valence electrons. The molecule has 4 nitrogen and oxygen atoms in total. The largest absolute Gasteiger partial charge is 0.343 e. The highest BCUT2D eigenvalue weighted by molar-refractivity contribution is 5.78. The summed E-state index contributed by atoms with van der Waals surface area (Å²) in [6, 6.07) is 0.656. The summed E-state index contributed by atoms with van der Waals surface area (Å²) in [5.41, 5.74) is 0. The number of likely N-dealkylation sites (N-methyl/N-ethyl adjacent to an activating group) is 1. The maximum atomic E-state index is 11.7. The fraction of sp³-hybridized carbons (Fsp3) is 0.929. The van der Waals surface area contributed by atoms with Gasteiger partial charge in [-0.25, -0.2) is 0 Å². The Morgan fingerprint density at radius 3 is 2.67 bits per heavy atom. The van der Waals surface area contributed by atoms with E-state index >= 15 is 0 Å². The van der Waals surface area contributed by atoms with Crippen LogP contribution in [-0.2, 0) is 4.79 Å². The van der Waals surface area contributed by atoms with E-state index in [1.54, 1.807) is 0 Å². The predicted molar refractivity (Wildman–Crippen MR) is 73.5 cm³/mol. The van der Waals surface area contributed by atoms with E-state index in [0.29, 0.717) is 17.9 Å². The second-order valence-corrected chi connectivity index (χ2v) is 5.94. The molecule has 0 aromatic heterocycles. The average molecular weight is 253 g/mol. The predicted octanol–water partition coefficient (Wildman–Crippen LogP) is 0.881. The van der Waals surface area contributed by atoms with Crippen molar-refractivity contribution in [3.05, 3.63) is 0 Å². The van der Waals surface area contributed by atoms with Crippen LogP contribution in [0.1, 0.15) is 26.7 Å². The van der Waals surface area contributed by atoms with Crippen molar-refractivity contribution >= 4 is 5.91 Å². The molecule has 1 unspecified atom stereocenters. The smallest absolute Gasteiger partial charge is 0.222 e. The zero-order chi connectivity index (χ0) is 13.1. The Hall–Kier alpha value is -0.610. The van der Waals surface area contributed by atoms with Gasteiger partial charge in [-0.2, -0.15) is 0 Å². The summed E-state index contributed by atoms with van der Waals surface area (Å²) in [6.07, 6.45) is 1.95. The zero-order valence-corrected chi connectivity index (χ0v) is 12.1. The summed E-state index contributed by atoms with van der Waals surface area (Å²) in [5.74, 6) is 0.943. The van der Waals surface area contributed by atoms with Crippen LogP contribution in [0.2, 0.25) is 0 Å². The van der Waals surface area contributed by atoms with Gasteiger partial charge in [0.05, 0.1) is 0 Å². The minimum Gasteiger partial charge on any atom is -0.343 e. The number of carbonyl (C=O) groups is 1. The summed E-state index contributed by atoms with van der Waals surface area (Å²) in [4.78, 5) is 18.7. The molecule has 4 heteroatoms. The van der Waals surface area contributed by atoms with Gasteiger partial charge >= 0.3 is 0 Å². The van der Waals surface area contributed by atoms with Crippen LogP contribution in [0.4, 0.5) is 0 Å². The lowest BCUT2D eigenvalue weighted by molar-refractivity contribution is -0.127. The quantitative estimate of drug-likeness (QED) is 0.744. The van der Waals surface area contributed by atoms with Gasteiger partial charge in [0.15, 0.2) is 0 Å². The minimum atomic E-state index is 0.355. The Kier molecular flexibility index (Phi) is 4.62. The molecule has 2 fully saturated rings. The molecule has 18 heavy (non-hydrogen) atoms. The standard InChI is InChI=1S/C14H27N3O/c1-4-16-11-13(9-14(16)18)5-6-17-8-7-15(3)10-12(17)2/h12-13H,4-11H2,1-3H3/t12-,13?/m0/s1. The maximum Gasteiger partial charge on any atom is 0.222 e. The number of hydrogen-bond acceptors (Lipinski definition) is 3. The van der Waals surface area contributed by atoms with Crippen LogP contribution in [0.15, 0.2) is 0 Å². The first-order valence-corrected chi connectivity index (χ1v) is 7.30. The van der Waals surface area contributed by atoms with E-state index in [-0.39, 0.29) is 0 Å². The Morgan fingerprint density at radius 2 is 2.06 bits per heavy atom. The SMILES string of the molecule is CCN1CC(CCN2CCN(C)C[C@@H]2C)CC1=O. The Labute approximate surface area is 111 Å². The molecule has 2 aliphatic heterocycles. The monoisotopic (exact) mass is 253 g/mol. The molecule has 0 bridgehead atoms. The van der Waals surface area contributed by atoms with E-state index < -0.39 is 0 Å². The molecule has 0 N–H and O–H groups in total. The van der Waals surface area contributed by atoms with Crippen LogP contribution in [-0.4, -0.2) is 73.0 Å². The number of rotatable bonds is 4. The molecule has 0 saturated carbocycles. The zero-order valence-electron chi connectivity index (χ0n) is 12.1. The Bertz CT molecular complexity index is 295. The van der Waals surface area contributed by atoms with Gasteiger partial charge in [0, 0.05) is 45.2 Å². The third-order valence-electron chi connectivity index (χ3n) is 4.47. The van der Waals surface area contributed by atoms with Gasteiger partial charge in [-0.3, -0.25) is 9.69 Å². The molecule has 2 atom stereocenters. The molecule has 2 aliphatic rings. The van der Waals surface area contributed by atoms with Gasteiger partial charge in [-0.15, -0.1) is 0 Å². The lowest BCUT2D eigenvalue weighted by atomic mass is 10.0. The molecule has 0 aromatic rings. The van der Waals surface area contributed by atoms with Crippen molar-refractivity contribution < 1.29 is 4.79 Å². The lowest BCUT2D eigenvalue weighted by Crippen LogP contribution is -2.50. The van der Waals surface area contributed by atoms with E-state index in [1.165, 1.54) is 26.1 Å². The van der Waals surface area contributed by atoms with Crippen molar-refractivity contribution in [1.29, 1.82) is 0 Å². The molecular weight excluding hydrogens is 226 g/mol. The topological polar surface area (TPSA) is 26.8 Å².